The summed E-state index contributed by atoms with van der Waals surface area (Å²) in [6.45, 7) is 2.59. The Balaban J connectivity index is 1.99. The number of aromatic nitrogens is 3. The predicted octanol–water partition coefficient (Wildman–Crippen LogP) is 2.13. The average molecular weight is 262 g/mol. The van der Waals surface area contributed by atoms with Crippen LogP contribution < -0.4 is 5.73 Å². The third-order valence-electron chi connectivity index (χ3n) is 2.91. The quantitative estimate of drug-likeness (QED) is 0.839. The highest BCUT2D eigenvalue weighted by Crippen LogP contribution is 2.21. The van der Waals surface area contributed by atoms with Gasteiger partial charge in [0.2, 0.25) is 0 Å². The zero-order valence-corrected chi connectivity index (χ0v) is 11.6. The van der Waals surface area contributed by atoms with Gasteiger partial charge in [-0.3, -0.25) is 0 Å². The Morgan fingerprint density at radius 1 is 1.17 bits per heavy atom. The second-order valence-electron chi connectivity index (χ2n) is 4.12. The van der Waals surface area contributed by atoms with Gasteiger partial charge in [0.05, 0.1) is 6.54 Å². The van der Waals surface area contributed by atoms with Crippen molar-refractivity contribution >= 4 is 11.8 Å². The molecule has 1 heterocycles. The molecule has 0 radical (unpaired) electrons. The average Bonchev–Trinajstić information content (AvgIpc) is 2.77. The van der Waals surface area contributed by atoms with E-state index in [2.05, 4.69) is 41.4 Å². The molecule has 96 valence electrons. The van der Waals surface area contributed by atoms with Crippen LogP contribution in [-0.2, 0) is 25.8 Å². The summed E-state index contributed by atoms with van der Waals surface area (Å²) in [5.74, 6) is 1.72. The standard InChI is InChI=1S/C13H18N4S/c1-3-10-4-6-11(7-5-10)9-18-13-16-15-12(8-14)17(13)2/h4-7H,3,8-9,14H2,1-2H3. The zero-order chi connectivity index (χ0) is 13.0. The molecule has 18 heavy (non-hydrogen) atoms. The fourth-order valence-electron chi connectivity index (χ4n) is 1.67. The molecule has 2 rings (SSSR count). The van der Waals surface area contributed by atoms with Gasteiger partial charge in [0.15, 0.2) is 5.16 Å². The van der Waals surface area contributed by atoms with Crippen LogP contribution in [0.25, 0.3) is 0 Å². The molecule has 0 unspecified atom stereocenters. The van der Waals surface area contributed by atoms with Crippen molar-refractivity contribution in [3.8, 4) is 0 Å². The van der Waals surface area contributed by atoms with Gasteiger partial charge < -0.3 is 10.3 Å². The third-order valence-corrected chi connectivity index (χ3v) is 4.00. The summed E-state index contributed by atoms with van der Waals surface area (Å²) >= 11 is 1.68. The highest BCUT2D eigenvalue weighted by molar-refractivity contribution is 7.98. The van der Waals surface area contributed by atoms with Crippen molar-refractivity contribution in [3.05, 3.63) is 41.2 Å². The maximum atomic E-state index is 5.57. The number of thioether (sulfide) groups is 1. The van der Waals surface area contributed by atoms with Crippen LogP contribution >= 0.6 is 11.8 Å². The first kappa shape index (κ1) is 13.1. The van der Waals surface area contributed by atoms with Crippen LogP contribution in [0.4, 0.5) is 0 Å². The molecule has 0 atom stereocenters. The number of nitrogens with two attached hydrogens (primary N) is 1. The van der Waals surface area contributed by atoms with Crippen molar-refractivity contribution in [2.24, 2.45) is 12.8 Å². The van der Waals surface area contributed by atoms with Crippen molar-refractivity contribution in [2.45, 2.75) is 30.8 Å². The number of nitrogens with zero attached hydrogens (tertiary/aromatic N) is 3. The van der Waals surface area contributed by atoms with E-state index in [1.54, 1.807) is 11.8 Å². The van der Waals surface area contributed by atoms with E-state index in [9.17, 15) is 0 Å². The van der Waals surface area contributed by atoms with Gasteiger partial charge in [-0.1, -0.05) is 43.0 Å². The Labute approximate surface area is 112 Å². The van der Waals surface area contributed by atoms with Crippen LogP contribution in [0.5, 0.6) is 0 Å². The SMILES string of the molecule is CCc1ccc(CSc2nnc(CN)n2C)cc1. The first-order valence-electron chi connectivity index (χ1n) is 6.03. The van der Waals surface area contributed by atoms with E-state index < -0.39 is 0 Å². The number of rotatable bonds is 5. The molecular formula is C13H18N4S. The normalized spacial score (nSPS) is 10.8. The molecule has 0 saturated carbocycles. The molecule has 0 aliphatic carbocycles. The smallest absolute Gasteiger partial charge is 0.191 e. The Morgan fingerprint density at radius 2 is 1.83 bits per heavy atom. The number of hydrogen-bond donors (Lipinski definition) is 1. The van der Waals surface area contributed by atoms with E-state index in [0.717, 1.165) is 23.2 Å². The summed E-state index contributed by atoms with van der Waals surface area (Å²) in [5.41, 5.74) is 8.24. The lowest BCUT2D eigenvalue weighted by atomic mass is 10.1. The zero-order valence-electron chi connectivity index (χ0n) is 10.8. The van der Waals surface area contributed by atoms with Crippen LogP contribution in [-0.4, -0.2) is 14.8 Å². The van der Waals surface area contributed by atoms with Gasteiger partial charge in [0.1, 0.15) is 5.82 Å². The minimum atomic E-state index is 0.426. The molecule has 0 amide bonds. The van der Waals surface area contributed by atoms with Gasteiger partial charge in [-0.2, -0.15) is 0 Å². The fourth-order valence-corrected chi connectivity index (χ4v) is 2.55. The molecule has 0 saturated heterocycles. The summed E-state index contributed by atoms with van der Waals surface area (Å²) in [4.78, 5) is 0. The molecule has 0 bridgehead atoms. The Hall–Kier alpha value is -1.33. The van der Waals surface area contributed by atoms with Crippen LogP contribution in [0.2, 0.25) is 0 Å². The summed E-state index contributed by atoms with van der Waals surface area (Å²) in [6, 6.07) is 8.70. The maximum absolute atomic E-state index is 5.57. The van der Waals surface area contributed by atoms with E-state index in [4.69, 9.17) is 5.73 Å². The Kier molecular flexibility index (Phi) is 4.38. The first-order chi connectivity index (χ1) is 8.74. The maximum Gasteiger partial charge on any atom is 0.191 e. The molecule has 4 nitrogen and oxygen atoms in total. The minimum absolute atomic E-state index is 0.426. The van der Waals surface area contributed by atoms with E-state index in [0.29, 0.717) is 6.54 Å². The summed E-state index contributed by atoms with van der Waals surface area (Å²) in [5, 5.41) is 9.08. The van der Waals surface area contributed by atoms with E-state index >= 15 is 0 Å². The van der Waals surface area contributed by atoms with E-state index in [-0.39, 0.29) is 0 Å². The molecule has 0 fully saturated rings. The van der Waals surface area contributed by atoms with Gasteiger partial charge in [0.25, 0.3) is 0 Å². The second-order valence-corrected chi connectivity index (χ2v) is 5.06. The molecule has 1 aromatic carbocycles. The van der Waals surface area contributed by atoms with Crippen molar-refractivity contribution in [2.75, 3.05) is 0 Å². The highest BCUT2D eigenvalue weighted by atomic mass is 32.2. The molecule has 0 spiro atoms. The second kappa shape index (κ2) is 6.02. The van der Waals surface area contributed by atoms with Crippen molar-refractivity contribution in [3.63, 3.8) is 0 Å². The summed E-state index contributed by atoms with van der Waals surface area (Å²) in [6.07, 6.45) is 1.08. The Bertz CT molecular complexity index is 504. The van der Waals surface area contributed by atoms with Gasteiger partial charge in [-0.05, 0) is 17.5 Å². The van der Waals surface area contributed by atoms with Gasteiger partial charge >= 0.3 is 0 Å². The fraction of sp³-hybridized carbons (Fsp3) is 0.385. The molecular weight excluding hydrogens is 244 g/mol. The monoisotopic (exact) mass is 262 g/mol. The molecule has 2 N–H and O–H groups in total. The van der Waals surface area contributed by atoms with E-state index in [1.807, 2.05) is 11.6 Å². The topological polar surface area (TPSA) is 56.7 Å². The van der Waals surface area contributed by atoms with Gasteiger partial charge in [0, 0.05) is 12.8 Å². The van der Waals surface area contributed by atoms with E-state index in [1.165, 1.54) is 11.1 Å². The largest absolute Gasteiger partial charge is 0.324 e. The predicted molar refractivity (Wildman–Crippen MR) is 74.3 cm³/mol. The number of benzene rings is 1. The molecule has 1 aromatic heterocycles. The lowest BCUT2D eigenvalue weighted by Gasteiger charge is -2.03. The molecule has 2 aromatic rings. The van der Waals surface area contributed by atoms with Crippen LogP contribution in [0.1, 0.15) is 23.9 Å². The molecule has 5 heteroatoms. The highest BCUT2D eigenvalue weighted by Gasteiger charge is 2.07. The van der Waals surface area contributed by atoms with Gasteiger partial charge in [-0.15, -0.1) is 10.2 Å². The van der Waals surface area contributed by atoms with Gasteiger partial charge in [-0.25, -0.2) is 0 Å². The molecule has 0 aliphatic heterocycles. The lowest BCUT2D eigenvalue weighted by Crippen LogP contribution is -2.05. The van der Waals surface area contributed by atoms with Crippen LogP contribution in [0.3, 0.4) is 0 Å². The first-order valence-corrected chi connectivity index (χ1v) is 7.02. The van der Waals surface area contributed by atoms with Crippen molar-refractivity contribution in [1.29, 1.82) is 0 Å². The summed E-state index contributed by atoms with van der Waals surface area (Å²) < 4.78 is 1.95. The third kappa shape index (κ3) is 2.91. The number of aryl methyl sites for hydroxylation is 1. The Morgan fingerprint density at radius 3 is 2.39 bits per heavy atom. The van der Waals surface area contributed by atoms with Crippen molar-refractivity contribution < 1.29 is 0 Å². The summed E-state index contributed by atoms with van der Waals surface area (Å²) in [7, 11) is 1.95. The van der Waals surface area contributed by atoms with Crippen LogP contribution in [0, 0.1) is 0 Å². The molecule has 0 aliphatic rings. The van der Waals surface area contributed by atoms with Crippen molar-refractivity contribution in [1.82, 2.24) is 14.8 Å². The van der Waals surface area contributed by atoms with Crippen LogP contribution in [0.15, 0.2) is 29.4 Å². The number of hydrogen-bond acceptors (Lipinski definition) is 4. The minimum Gasteiger partial charge on any atom is -0.324 e. The lowest BCUT2D eigenvalue weighted by molar-refractivity contribution is 0.734.